The lowest BCUT2D eigenvalue weighted by atomic mass is 10.2. The number of carboxylic acid groups (broad SMARTS) is 1. The van der Waals surface area contributed by atoms with Crippen molar-refractivity contribution in [3.63, 3.8) is 0 Å². The number of H-pyrrole nitrogens is 1. The Labute approximate surface area is 95.3 Å². The molecular weight excluding hydrogens is 206 g/mol. The third kappa shape index (κ3) is 4.95. The van der Waals surface area contributed by atoms with E-state index in [1.54, 1.807) is 0 Å². The van der Waals surface area contributed by atoms with Crippen LogP contribution in [0.1, 0.15) is 12.1 Å². The molecule has 1 aromatic heterocycles. The molecule has 0 saturated heterocycles. The molecule has 1 unspecified atom stereocenters. The van der Waals surface area contributed by atoms with Crippen LogP contribution in [-0.2, 0) is 11.2 Å². The van der Waals surface area contributed by atoms with Crippen LogP contribution in [0.15, 0.2) is 18.3 Å². The molecular formula is C11H19N3O2. The zero-order valence-electron chi connectivity index (χ0n) is 9.52. The molecule has 1 aromatic rings. The molecule has 1 heterocycles. The first kappa shape index (κ1) is 12.7. The van der Waals surface area contributed by atoms with Crippen LogP contribution in [0.3, 0.4) is 0 Å². The fourth-order valence-corrected chi connectivity index (χ4v) is 1.61. The van der Waals surface area contributed by atoms with Crippen molar-refractivity contribution < 1.29 is 9.90 Å². The fourth-order valence-electron chi connectivity index (χ4n) is 1.61. The number of carboxylic acids is 1. The highest BCUT2D eigenvalue weighted by atomic mass is 16.4. The van der Waals surface area contributed by atoms with Crippen LogP contribution in [0.2, 0.25) is 0 Å². The highest BCUT2D eigenvalue weighted by molar-refractivity contribution is 5.67. The first-order chi connectivity index (χ1) is 7.58. The van der Waals surface area contributed by atoms with E-state index in [-0.39, 0.29) is 12.5 Å². The largest absolute Gasteiger partial charge is 0.481 e. The molecule has 0 spiro atoms. The van der Waals surface area contributed by atoms with Crippen LogP contribution in [0.25, 0.3) is 0 Å². The van der Waals surface area contributed by atoms with Crippen LogP contribution < -0.4 is 5.73 Å². The van der Waals surface area contributed by atoms with Crippen molar-refractivity contribution in [1.29, 1.82) is 0 Å². The summed E-state index contributed by atoms with van der Waals surface area (Å²) in [4.78, 5) is 15.6. The second-order valence-electron chi connectivity index (χ2n) is 4.07. The highest BCUT2D eigenvalue weighted by Gasteiger charge is 2.10. The number of nitrogens with zero attached hydrogens (tertiary/aromatic N) is 1. The lowest BCUT2D eigenvalue weighted by Gasteiger charge is -2.19. The smallest absolute Gasteiger partial charge is 0.304 e. The van der Waals surface area contributed by atoms with Gasteiger partial charge in [0.05, 0.1) is 6.42 Å². The Kier molecular flexibility index (Phi) is 5.01. The molecule has 0 bridgehead atoms. The maximum Gasteiger partial charge on any atom is 0.304 e. The van der Waals surface area contributed by atoms with Gasteiger partial charge in [-0.2, -0.15) is 0 Å². The Morgan fingerprint density at radius 1 is 1.69 bits per heavy atom. The molecule has 0 aliphatic heterocycles. The summed E-state index contributed by atoms with van der Waals surface area (Å²) in [6.07, 6.45) is 2.83. The van der Waals surface area contributed by atoms with E-state index in [1.165, 1.54) is 5.69 Å². The maximum atomic E-state index is 10.4. The Hall–Kier alpha value is -1.33. The summed E-state index contributed by atoms with van der Waals surface area (Å²) in [5, 5.41) is 8.57. The predicted octanol–water partition coefficient (Wildman–Crippen LogP) is 0.291. The van der Waals surface area contributed by atoms with Gasteiger partial charge in [0, 0.05) is 37.4 Å². The SMILES string of the molecule is CN(CCc1ccc[nH]1)CC(N)CC(=O)O. The van der Waals surface area contributed by atoms with Gasteiger partial charge in [-0.15, -0.1) is 0 Å². The van der Waals surface area contributed by atoms with Crippen LogP contribution in [0.5, 0.6) is 0 Å². The summed E-state index contributed by atoms with van der Waals surface area (Å²) in [5.74, 6) is -0.842. The zero-order chi connectivity index (χ0) is 12.0. The molecule has 1 atom stereocenters. The summed E-state index contributed by atoms with van der Waals surface area (Å²) in [6.45, 7) is 1.47. The van der Waals surface area contributed by atoms with Gasteiger partial charge in [0.2, 0.25) is 0 Å². The molecule has 16 heavy (non-hydrogen) atoms. The van der Waals surface area contributed by atoms with Gasteiger partial charge in [-0.1, -0.05) is 0 Å². The Balaban J connectivity index is 2.20. The molecule has 4 N–H and O–H groups in total. The van der Waals surface area contributed by atoms with Crippen molar-refractivity contribution in [2.75, 3.05) is 20.1 Å². The van der Waals surface area contributed by atoms with Gasteiger partial charge in [-0.25, -0.2) is 0 Å². The number of nitrogens with two attached hydrogens (primary N) is 1. The number of rotatable bonds is 7. The molecule has 1 rings (SSSR count). The van der Waals surface area contributed by atoms with Crippen LogP contribution in [0.4, 0.5) is 0 Å². The molecule has 5 heteroatoms. The number of carbonyl (C=O) groups is 1. The number of hydrogen-bond donors (Lipinski definition) is 3. The monoisotopic (exact) mass is 225 g/mol. The van der Waals surface area contributed by atoms with E-state index in [0.717, 1.165) is 13.0 Å². The molecule has 0 amide bonds. The average molecular weight is 225 g/mol. The molecule has 0 saturated carbocycles. The number of aromatic nitrogens is 1. The Morgan fingerprint density at radius 2 is 2.44 bits per heavy atom. The molecule has 90 valence electrons. The van der Waals surface area contributed by atoms with E-state index >= 15 is 0 Å². The first-order valence-electron chi connectivity index (χ1n) is 5.36. The molecule has 0 aromatic carbocycles. The minimum atomic E-state index is -0.842. The predicted molar refractivity (Wildman–Crippen MR) is 62.2 cm³/mol. The van der Waals surface area contributed by atoms with Crippen LogP contribution >= 0.6 is 0 Å². The number of aromatic amines is 1. The first-order valence-corrected chi connectivity index (χ1v) is 5.36. The number of aliphatic carboxylic acids is 1. The van der Waals surface area contributed by atoms with Crippen molar-refractivity contribution in [3.8, 4) is 0 Å². The molecule has 0 radical (unpaired) electrons. The Morgan fingerprint density at radius 3 is 3.00 bits per heavy atom. The number of likely N-dealkylation sites (N-methyl/N-ethyl adjacent to an activating group) is 1. The summed E-state index contributed by atoms with van der Waals surface area (Å²) in [5.41, 5.74) is 6.87. The summed E-state index contributed by atoms with van der Waals surface area (Å²) in [6, 6.07) is 3.70. The van der Waals surface area contributed by atoms with Gasteiger partial charge in [-0.3, -0.25) is 4.79 Å². The second kappa shape index (κ2) is 6.30. The third-order valence-corrected chi connectivity index (χ3v) is 2.41. The quantitative estimate of drug-likeness (QED) is 0.623. The van der Waals surface area contributed by atoms with Crippen molar-refractivity contribution in [1.82, 2.24) is 9.88 Å². The summed E-state index contributed by atoms with van der Waals surface area (Å²) < 4.78 is 0. The van der Waals surface area contributed by atoms with Gasteiger partial charge in [0.15, 0.2) is 0 Å². The molecule has 0 aliphatic rings. The topological polar surface area (TPSA) is 82.3 Å². The lowest BCUT2D eigenvalue weighted by Crippen LogP contribution is -2.37. The van der Waals surface area contributed by atoms with Crippen molar-refractivity contribution in [2.24, 2.45) is 5.73 Å². The van der Waals surface area contributed by atoms with E-state index in [4.69, 9.17) is 10.8 Å². The molecule has 5 nitrogen and oxygen atoms in total. The standard InChI is InChI=1S/C11H19N3O2/c1-14(8-9(12)7-11(15)16)6-4-10-3-2-5-13-10/h2-3,5,9,13H,4,6-8,12H2,1H3,(H,15,16). The normalized spacial score (nSPS) is 12.9. The summed E-state index contributed by atoms with van der Waals surface area (Å²) >= 11 is 0. The van der Waals surface area contributed by atoms with Crippen LogP contribution in [-0.4, -0.2) is 47.1 Å². The minimum absolute atomic E-state index is 0.0207. The van der Waals surface area contributed by atoms with E-state index in [0.29, 0.717) is 6.54 Å². The van der Waals surface area contributed by atoms with Crippen molar-refractivity contribution in [2.45, 2.75) is 18.9 Å². The van der Waals surface area contributed by atoms with Gasteiger partial charge in [0.1, 0.15) is 0 Å². The van der Waals surface area contributed by atoms with E-state index < -0.39 is 5.97 Å². The summed E-state index contributed by atoms with van der Waals surface area (Å²) in [7, 11) is 1.95. The zero-order valence-corrected chi connectivity index (χ0v) is 9.52. The van der Waals surface area contributed by atoms with E-state index in [1.807, 2.05) is 25.4 Å². The van der Waals surface area contributed by atoms with E-state index in [9.17, 15) is 4.79 Å². The average Bonchev–Trinajstić information content (AvgIpc) is 2.65. The van der Waals surface area contributed by atoms with Gasteiger partial charge < -0.3 is 20.7 Å². The molecule has 0 fully saturated rings. The third-order valence-electron chi connectivity index (χ3n) is 2.41. The molecule has 0 aliphatic carbocycles. The highest BCUT2D eigenvalue weighted by Crippen LogP contribution is 1.98. The maximum absolute atomic E-state index is 10.4. The second-order valence-corrected chi connectivity index (χ2v) is 4.07. The lowest BCUT2D eigenvalue weighted by molar-refractivity contribution is -0.137. The van der Waals surface area contributed by atoms with Gasteiger partial charge in [-0.05, 0) is 19.2 Å². The van der Waals surface area contributed by atoms with Crippen molar-refractivity contribution in [3.05, 3.63) is 24.0 Å². The van der Waals surface area contributed by atoms with E-state index in [2.05, 4.69) is 9.88 Å². The number of nitrogens with one attached hydrogen (secondary N) is 1. The fraction of sp³-hybridized carbons (Fsp3) is 0.545. The van der Waals surface area contributed by atoms with Gasteiger partial charge >= 0.3 is 5.97 Å². The minimum Gasteiger partial charge on any atom is -0.481 e. The van der Waals surface area contributed by atoms with Crippen LogP contribution in [0, 0.1) is 0 Å². The van der Waals surface area contributed by atoms with Crippen molar-refractivity contribution >= 4 is 5.97 Å². The number of hydrogen-bond acceptors (Lipinski definition) is 3. The Bertz CT molecular complexity index is 311. The van der Waals surface area contributed by atoms with Gasteiger partial charge in [0.25, 0.3) is 0 Å².